The Morgan fingerprint density at radius 2 is 1.52 bits per heavy atom. The smallest absolute Gasteiger partial charge is 0.251 e. The van der Waals surface area contributed by atoms with Crippen LogP contribution < -0.4 is 16.0 Å². The van der Waals surface area contributed by atoms with Crippen molar-refractivity contribution in [1.82, 2.24) is 5.32 Å². The molecule has 0 aromatic heterocycles. The summed E-state index contributed by atoms with van der Waals surface area (Å²) < 4.78 is 0. The van der Waals surface area contributed by atoms with Crippen LogP contribution in [-0.2, 0) is 0 Å². The summed E-state index contributed by atoms with van der Waals surface area (Å²) in [7, 11) is 3.98. The van der Waals surface area contributed by atoms with Gasteiger partial charge in [0.25, 0.3) is 5.91 Å². The van der Waals surface area contributed by atoms with Crippen molar-refractivity contribution in [2.24, 2.45) is 16.0 Å². The topological polar surface area (TPSA) is 83.1 Å². The van der Waals surface area contributed by atoms with E-state index in [1.807, 2.05) is 43.3 Å². The maximum Gasteiger partial charge on any atom is 0.251 e. The summed E-state index contributed by atoms with van der Waals surface area (Å²) in [5, 5.41) is 11.1. The van der Waals surface area contributed by atoms with Gasteiger partial charge in [0.2, 0.25) is 0 Å². The Kier molecular flexibility index (Phi) is 5.82. The van der Waals surface area contributed by atoms with Gasteiger partial charge in [-0.1, -0.05) is 0 Å². The largest absolute Gasteiger partial charge is 0.378 e. The Bertz CT molecular complexity index is 662. The normalized spacial score (nSPS) is 10.7. The number of nitrogens with one attached hydrogen (secondary N) is 1. The van der Waals surface area contributed by atoms with E-state index in [9.17, 15) is 4.79 Å². The summed E-state index contributed by atoms with van der Waals surface area (Å²) in [4.78, 5) is 13.8. The third-order valence-corrected chi connectivity index (χ3v) is 3.21. The number of nitrogens with two attached hydrogens (primary N) is 1. The van der Waals surface area contributed by atoms with Crippen molar-refractivity contribution in [3.63, 3.8) is 0 Å². The molecular formula is C17H21N5O. The molecule has 0 aliphatic carbocycles. The molecule has 6 heteroatoms. The average molecular weight is 311 g/mol. The number of azo groups is 1. The average Bonchev–Trinajstić information content (AvgIpc) is 2.58. The monoisotopic (exact) mass is 311 g/mol. The minimum atomic E-state index is -0.141. The lowest BCUT2D eigenvalue weighted by atomic mass is 10.2. The van der Waals surface area contributed by atoms with Gasteiger partial charge in [0.05, 0.1) is 11.4 Å². The number of hydrogen-bond donors (Lipinski definition) is 2. The number of amides is 1. The van der Waals surface area contributed by atoms with E-state index in [2.05, 4.69) is 15.5 Å². The van der Waals surface area contributed by atoms with E-state index >= 15 is 0 Å². The predicted molar refractivity (Wildman–Crippen MR) is 92.8 cm³/mol. The highest BCUT2D eigenvalue weighted by Gasteiger charge is 2.03. The Morgan fingerprint density at radius 3 is 2.00 bits per heavy atom. The lowest BCUT2D eigenvalue weighted by molar-refractivity contribution is 0.0955. The van der Waals surface area contributed by atoms with Crippen LogP contribution in [0.25, 0.3) is 0 Å². The molecule has 0 aliphatic rings. The number of nitrogens with zero attached hydrogens (tertiary/aromatic N) is 3. The first-order valence-electron chi connectivity index (χ1n) is 7.37. The molecule has 2 rings (SSSR count). The Labute approximate surface area is 136 Å². The molecule has 0 aliphatic heterocycles. The number of anilines is 1. The van der Waals surface area contributed by atoms with Crippen molar-refractivity contribution in [2.45, 2.75) is 0 Å². The lowest BCUT2D eigenvalue weighted by Crippen LogP contribution is -2.28. The van der Waals surface area contributed by atoms with Crippen molar-refractivity contribution in [1.29, 1.82) is 0 Å². The van der Waals surface area contributed by atoms with Crippen molar-refractivity contribution in [3.8, 4) is 0 Å². The summed E-state index contributed by atoms with van der Waals surface area (Å²) in [6, 6.07) is 14.7. The van der Waals surface area contributed by atoms with Gasteiger partial charge in [-0.2, -0.15) is 10.2 Å². The molecule has 0 fully saturated rings. The third kappa shape index (κ3) is 4.89. The molecule has 0 saturated heterocycles. The molecule has 2 aromatic rings. The maximum atomic E-state index is 11.8. The first kappa shape index (κ1) is 16.6. The first-order valence-corrected chi connectivity index (χ1v) is 7.37. The molecule has 0 heterocycles. The van der Waals surface area contributed by atoms with Gasteiger partial charge in [-0.3, -0.25) is 4.79 Å². The summed E-state index contributed by atoms with van der Waals surface area (Å²) in [5.41, 5.74) is 8.51. The molecule has 2 aromatic carbocycles. The van der Waals surface area contributed by atoms with E-state index in [-0.39, 0.29) is 5.91 Å². The second kappa shape index (κ2) is 8.05. The summed E-state index contributed by atoms with van der Waals surface area (Å²) in [5.74, 6) is -0.141. The first-order chi connectivity index (χ1) is 11.1. The Morgan fingerprint density at radius 1 is 1.00 bits per heavy atom. The number of hydrogen-bond acceptors (Lipinski definition) is 5. The van der Waals surface area contributed by atoms with E-state index in [1.54, 1.807) is 24.3 Å². The molecule has 0 saturated carbocycles. The molecule has 0 atom stereocenters. The third-order valence-electron chi connectivity index (χ3n) is 3.21. The zero-order valence-corrected chi connectivity index (χ0v) is 13.4. The van der Waals surface area contributed by atoms with Crippen molar-refractivity contribution >= 4 is 23.0 Å². The van der Waals surface area contributed by atoms with E-state index in [1.165, 1.54) is 0 Å². The van der Waals surface area contributed by atoms with Crippen molar-refractivity contribution < 1.29 is 4.79 Å². The van der Waals surface area contributed by atoms with Crippen LogP contribution in [0.15, 0.2) is 58.8 Å². The summed E-state index contributed by atoms with van der Waals surface area (Å²) in [6.07, 6.45) is 0. The molecule has 0 spiro atoms. The quantitative estimate of drug-likeness (QED) is 0.805. The van der Waals surface area contributed by atoms with Crippen molar-refractivity contribution in [2.75, 3.05) is 32.1 Å². The lowest BCUT2D eigenvalue weighted by Gasteiger charge is -2.11. The van der Waals surface area contributed by atoms with Crippen LogP contribution >= 0.6 is 0 Å². The number of rotatable bonds is 6. The Balaban J connectivity index is 2.01. The summed E-state index contributed by atoms with van der Waals surface area (Å²) in [6.45, 7) is 0.883. The van der Waals surface area contributed by atoms with Gasteiger partial charge in [-0.15, -0.1) is 0 Å². The van der Waals surface area contributed by atoms with Crippen LogP contribution in [0.1, 0.15) is 10.4 Å². The SMILES string of the molecule is CN(C)c1ccc(N=Nc2ccc(C(=O)NCCN)cc2)cc1. The second-order valence-electron chi connectivity index (χ2n) is 5.20. The number of benzene rings is 2. The zero-order valence-electron chi connectivity index (χ0n) is 13.4. The molecule has 120 valence electrons. The van der Waals surface area contributed by atoms with E-state index in [0.717, 1.165) is 11.4 Å². The Hall–Kier alpha value is -2.73. The van der Waals surface area contributed by atoms with E-state index in [4.69, 9.17) is 5.73 Å². The minimum absolute atomic E-state index is 0.141. The zero-order chi connectivity index (χ0) is 16.7. The highest BCUT2D eigenvalue weighted by atomic mass is 16.1. The van der Waals surface area contributed by atoms with E-state index in [0.29, 0.717) is 24.3 Å². The summed E-state index contributed by atoms with van der Waals surface area (Å²) >= 11 is 0. The van der Waals surface area contributed by atoms with Crippen LogP contribution in [0.2, 0.25) is 0 Å². The van der Waals surface area contributed by atoms with Crippen LogP contribution in [0.3, 0.4) is 0 Å². The van der Waals surface area contributed by atoms with Crippen LogP contribution in [0.5, 0.6) is 0 Å². The van der Waals surface area contributed by atoms with Gasteiger partial charge >= 0.3 is 0 Å². The predicted octanol–water partition coefficient (Wildman–Crippen LogP) is 2.86. The molecule has 3 N–H and O–H groups in total. The van der Waals surface area contributed by atoms with E-state index < -0.39 is 0 Å². The molecule has 0 unspecified atom stereocenters. The standard InChI is InChI=1S/C17H21N5O/c1-22(2)16-9-7-15(8-10-16)21-20-14-5-3-13(4-6-14)17(23)19-12-11-18/h3-10H,11-12,18H2,1-2H3,(H,19,23). The number of carbonyl (C=O) groups excluding carboxylic acids is 1. The fourth-order valence-corrected chi connectivity index (χ4v) is 1.90. The number of carbonyl (C=O) groups is 1. The van der Waals surface area contributed by atoms with Crippen LogP contribution in [0, 0.1) is 0 Å². The molecule has 0 bridgehead atoms. The highest BCUT2D eigenvalue weighted by Crippen LogP contribution is 2.21. The maximum absolute atomic E-state index is 11.8. The van der Waals surface area contributed by atoms with Gasteiger partial charge in [0.15, 0.2) is 0 Å². The molecule has 23 heavy (non-hydrogen) atoms. The fourth-order valence-electron chi connectivity index (χ4n) is 1.90. The second-order valence-corrected chi connectivity index (χ2v) is 5.20. The van der Waals surface area contributed by atoms with Gasteiger partial charge in [0.1, 0.15) is 0 Å². The van der Waals surface area contributed by atoms with Crippen molar-refractivity contribution in [3.05, 3.63) is 54.1 Å². The van der Waals surface area contributed by atoms with Gasteiger partial charge < -0.3 is 16.0 Å². The minimum Gasteiger partial charge on any atom is -0.378 e. The van der Waals surface area contributed by atoms with Crippen LogP contribution in [0.4, 0.5) is 17.1 Å². The van der Waals surface area contributed by atoms with Gasteiger partial charge in [-0.05, 0) is 48.5 Å². The molecule has 6 nitrogen and oxygen atoms in total. The highest BCUT2D eigenvalue weighted by molar-refractivity contribution is 5.94. The molecule has 1 amide bonds. The van der Waals surface area contributed by atoms with Crippen LogP contribution in [-0.4, -0.2) is 33.1 Å². The van der Waals surface area contributed by atoms with Gasteiger partial charge in [-0.25, -0.2) is 0 Å². The fraction of sp³-hybridized carbons (Fsp3) is 0.235. The van der Waals surface area contributed by atoms with Gasteiger partial charge in [0, 0.05) is 38.4 Å². The molecular weight excluding hydrogens is 290 g/mol. The molecule has 0 radical (unpaired) electrons.